The second-order valence-electron chi connectivity index (χ2n) is 4.63. The summed E-state index contributed by atoms with van der Waals surface area (Å²) in [5, 5.41) is 4.32. The highest BCUT2D eigenvalue weighted by molar-refractivity contribution is 6.35. The molecule has 0 aliphatic carbocycles. The first-order valence-corrected chi connectivity index (χ1v) is 7.35. The third kappa shape index (κ3) is 4.69. The van der Waals surface area contributed by atoms with Gasteiger partial charge >= 0.3 is 0 Å². The Hall–Kier alpha value is -1.65. The highest BCUT2D eigenvalue weighted by atomic mass is 35.5. The van der Waals surface area contributed by atoms with Gasteiger partial charge in [0.1, 0.15) is 5.76 Å². The molecule has 0 aliphatic rings. The summed E-state index contributed by atoms with van der Waals surface area (Å²) in [6, 6.07) is 9.09. The van der Waals surface area contributed by atoms with Crippen LogP contribution in [0, 0.1) is 0 Å². The van der Waals surface area contributed by atoms with E-state index in [1.54, 1.807) is 18.4 Å². The van der Waals surface area contributed by atoms with Crippen molar-refractivity contribution in [1.82, 2.24) is 5.32 Å². The van der Waals surface area contributed by atoms with Crippen molar-refractivity contribution in [2.24, 2.45) is 10.7 Å². The van der Waals surface area contributed by atoms with Crippen molar-refractivity contribution in [1.29, 1.82) is 0 Å². The topological polar surface area (TPSA) is 63.5 Å². The molecule has 1 heterocycles. The first-order valence-electron chi connectivity index (χ1n) is 6.60. The van der Waals surface area contributed by atoms with Crippen LogP contribution in [0.15, 0.2) is 46.0 Å². The van der Waals surface area contributed by atoms with Gasteiger partial charge in [-0.1, -0.05) is 29.3 Å². The number of aliphatic imine (C=N–C) groups is 1. The molecule has 2 rings (SSSR count). The van der Waals surface area contributed by atoms with Crippen LogP contribution in [0.4, 0.5) is 0 Å². The number of furan rings is 1. The molecule has 0 saturated heterocycles. The first kappa shape index (κ1) is 15.7. The lowest BCUT2D eigenvalue weighted by atomic mass is 10.1. The summed E-state index contributed by atoms with van der Waals surface area (Å²) in [6.45, 7) is 2.53. The van der Waals surface area contributed by atoms with Gasteiger partial charge in [-0.2, -0.15) is 0 Å². The Bertz CT molecular complexity index is 611. The predicted molar refractivity (Wildman–Crippen MR) is 86.9 cm³/mol. The number of hydrogen-bond donors (Lipinski definition) is 2. The van der Waals surface area contributed by atoms with Crippen LogP contribution in [0.25, 0.3) is 0 Å². The highest BCUT2D eigenvalue weighted by Gasteiger charge is 2.10. The summed E-state index contributed by atoms with van der Waals surface area (Å²) in [5.74, 6) is 1.26. The fourth-order valence-electron chi connectivity index (χ4n) is 1.94. The number of nitrogens with one attached hydrogen (secondary N) is 1. The number of hydrogen-bond acceptors (Lipinski definition) is 2. The van der Waals surface area contributed by atoms with Crippen LogP contribution < -0.4 is 11.1 Å². The zero-order chi connectivity index (χ0) is 15.2. The Labute approximate surface area is 133 Å². The van der Waals surface area contributed by atoms with Crippen LogP contribution in [-0.2, 0) is 6.42 Å². The van der Waals surface area contributed by atoms with Gasteiger partial charge in [0.15, 0.2) is 5.96 Å². The van der Waals surface area contributed by atoms with Crippen molar-refractivity contribution in [3.63, 3.8) is 0 Å². The molecule has 0 radical (unpaired) electrons. The number of nitrogens with two attached hydrogens (primary N) is 1. The van der Waals surface area contributed by atoms with E-state index in [0.717, 1.165) is 11.3 Å². The Kier molecular flexibility index (Phi) is 5.53. The lowest BCUT2D eigenvalue weighted by Crippen LogP contribution is -2.34. The Morgan fingerprint density at radius 2 is 2.19 bits per heavy atom. The number of halogens is 2. The number of nitrogens with zero attached hydrogens (tertiary/aromatic N) is 1. The zero-order valence-corrected chi connectivity index (χ0v) is 13.2. The van der Waals surface area contributed by atoms with Gasteiger partial charge in [0.25, 0.3) is 0 Å². The average molecular weight is 326 g/mol. The fraction of sp³-hybridized carbons (Fsp3) is 0.267. The molecule has 3 N–H and O–H groups in total. The van der Waals surface area contributed by atoms with E-state index in [0.29, 0.717) is 29.0 Å². The van der Waals surface area contributed by atoms with Gasteiger partial charge in [-0.05, 0) is 36.8 Å². The number of benzene rings is 1. The first-order chi connectivity index (χ1) is 10.1. The minimum absolute atomic E-state index is 0.0536. The van der Waals surface area contributed by atoms with Crippen LogP contribution in [0.2, 0.25) is 10.0 Å². The maximum atomic E-state index is 6.16. The van der Waals surface area contributed by atoms with Crippen molar-refractivity contribution >= 4 is 29.2 Å². The van der Waals surface area contributed by atoms with Crippen molar-refractivity contribution in [3.8, 4) is 0 Å². The molecular formula is C15H17Cl2N3O. The molecular weight excluding hydrogens is 309 g/mol. The van der Waals surface area contributed by atoms with Crippen LogP contribution in [-0.4, -0.2) is 12.5 Å². The smallest absolute Gasteiger partial charge is 0.189 e. The van der Waals surface area contributed by atoms with Crippen LogP contribution in [0.1, 0.15) is 24.3 Å². The molecule has 0 amide bonds. The van der Waals surface area contributed by atoms with Crippen molar-refractivity contribution in [3.05, 3.63) is 58.0 Å². The Morgan fingerprint density at radius 1 is 1.38 bits per heavy atom. The molecule has 2 aromatic rings. The molecule has 0 aliphatic heterocycles. The zero-order valence-electron chi connectivity index (χ0n) is 11.6. The molecule has 1 aromatic heterocycles. The normalized spacial score (nSPS) is 13.2. The maximum absolute atomic E-state index is 6.16. The van der Waals surface area contributed by atoms with E-state index < -0.39 is 0 Å². The highest BCUT2D eigenvalue weighted by Crippen LogP contribution is 2.25. The monoisotopic (exact) mass is 325 g/mol. The van der Waals surface area contributed by atoms with E-state index in [4.69, 9.17) is 33.4 Å². The predicted octanol–water partition coefficient (Wildman–Crippen LogP) is 3.79. The maximum Gasteiger partial charge on any atom is 0.189 e. The lowest BCUT2D eigenvalue weighted by Gasteiger charge is -2.16. The summed E-state index contributed by atoms with van der Waals surface area (Å²) in [6.07, 6.45) is 2.36. The minimum Gasteiger partial charge on any atom is -0.469 e. The van der Waals surface area contributed by atoms with Gasteiger partial charge in [-0.15, -0.1) is 0 Å². The van der Waals surface area contributed by atoms with E-state index in [2.05, 4.69) is 10.3 Å². The molecule has 0 fully saturated rings. The van der Waals surface area contributed by atoms with Crippen molar-refractivity contribution in [2.45, 2.75) is 19.4 Å². The molecule has 21 heavy (non-hydrogen) atoms. The standard InChI is InChI=1S/C15H17Cl2N3O/c1-10(13-5-4-11(16)9-14(13)17)20-15(18)19-7-6-12-3-2-8-21-12/h2-5,8-10H,6-7H2,1H3,(H3,18,19,20). The third-order valence-electron chi connectivity index (χ3n) is 3.01. The second kappa shape index (κ2) is 7.38. The van der Waals surface area contributed by atoms with Gasteiger partial charge in [0.2, 0.25) is 0 Å². The van der Waals surface area contributed by atoms with Crippen molar-refractivity contribution in [2.75, 3.05) is 6.54 Å². The molecule has 4 nitrogen and oxygen atoms in total. The number of rotatable bonds is 5. The van der Waals surface area contributed by atoms with Crippen LogP contribution in [0.5, 0.6) is 0 Å². The van der Waals surface area contributed by atoms with Gasteiger partial charge < -0.3 is 15.5 Å². The summed E-state index contributed by atoms with van der Waals surface area (Å²) >= 11 is 12.0. The van der Waals surface area contributed by atoms with E-state index in [9.17, 15) is 0 Å². The van der Waals surface area contributed by atoms with E-state index in [1.165, 1.54) is 0 Å². The Morgan fingerprint density at radius 3 is 2.86 bits per heavy atom. The fourth-order valence-corrected chi connectivity index (χ4v) is 2.51. The molecule has 0 spiro atoms. The number of guanidine groups is 1. The minimum atomic E-state index is -0.0536. The molecule has 1 unspecified atom stereocenters. The van der Waals surface area contributed by atoms with E-state index in [1.807, 2.05) is 25.1 Å². The average Bonchev–Trinajstić information content (AvgIpc) is 2.91. The SMILES string of the molecule is CC(NC(N)=NCCc1ccco1)c1ccc(Cl)cc1Cl. The molecule has 112 valence electrons. The largest absolute Gasteiger partial charge is 0.469 e. The molecule has 0 bridgehead atoms. The van der Waals surface area contributed by atoms with Gasteiger partial charge in [-0.25, -0.2) is 0 Å². The Balaban J connectivity index is 1.90. The third-order valence-corrected chi connectivity index (χ3v) is 3.58. The van der Waals surface area contributed by atoms with Crippen molar-refractivity contribution < 1.29 is 4.42 Å². The quantitative estimate of drug-likeness (QED) is 0.649. The summed E-state index contributed by atoms with van der Waals surface area (Å²) in [4.78, 5) is 4.27. The van der Waals surface area contributed by atoms with E-state index in [-0.39, 0.29) is 6.04 Å². The molecule has 0 saturated carbocycles. The van der Waals surface area contributed by atoms with Gasteiger partial charge in [-0.3, -0.25) is 4.99 Å². The van der Waals surface area contributed by atoms with Crippen LogP contribution >= 0.6 is 23.2 Å². The van der Waals surface area contributed by atoms with Gasteiger partial charge in [0.05, 0.1) is 12.3 Å². The van der Waals surface area contributed by atoms with Crippen LogP contribution in [0.3, 0.4) is 0 Å². The molecule has 6 heteroatoms. The summed E-state index contributed by atoms with van der Waals surface area (Å²) in [5.41, 5.74) is 6.79. The summed E-state index contributed by atoms with van der Waals surface area (Å²) in [7, 11) is 0. The summed E-state index contributed by atoms with van der Waals surface area (Å²) < 4.78 is 5.23. The molecule has 1 aromatic carbocycles. The van der Waals surface area contributed by atoms with Gasteiger partial charge in [0, 0.05) is 23.0 Å². The lowest BCUT2D eigenvalue weighted by molar-refractivity contribution is 0.511. The molecule has 1 atom stereocenters. The van der Waals surface area contributed by atoms with E-state index >= 15 is 0 Å². The second-order valence-corrected chi connectivity index (χ2v) is 5.47.